The normalized spacial score (nSPS) is 12.4. The van der Waals surface area contributed by atoms with Gasteiger partial charge in [-0.15, -0.1) is 11.3 Å². The Hall–Kier alpha value is -0.840. The number of hydrogen-bond donors (Lipinski definition) is 2. The van der Waals surface area contributed by atoms with Crippen LogP contribution in [0.1, 0.15) is 23.4 Å². The molecule has 4 heteroatoms. The minimum atomic E-state index is 0.0760. The maximum Gasteiger partial charge on any atom is 0.0682 e. The monoisotopic (exact) mass is 311 g/mol. The quantitative estimate of drug-likeness (QED) is 0.888. The Balaban J connectivity index is 2.13. The number of aliphatic hydroxyl groups excluding tert-OH is 1. The Morgan fingerprint density at radius 2 is 2.24 bits per heavy atom. The highest BCUT2D eigenvalue weighted by Crippen LogP contribution is 2.31. The van der Waals surface area contributed by atoms with E-state index in [9.17, 15) is 0 Å². The highest BCUT2D eigenvalue weighted by atomic mass is 79.9. The fourth-order valence-electron chi connectivity index (χ4n) is 1.69. The van der Waals surface area contributed by atoms with Crippen LogP contribution in [0.2, 0.25) is 0 Å². The molecule has 1 atom stereocenters. The minimum absolute atomic E-state index is 0.0760. The topological polar surface area (TPSA) is 32.3 Å². The number of halogens is 1. The zero-order valence-corrected chi connectivity index (χ0v) is 11.9. The number of anilines is 1. The van der Waals surface area contributed by atoms with Crippen LogP contribution < -0.4 is 5.32 Å². The summed E-state index contributed by atoms with van der Waals surface area (Å²) in [6.07, 6.45) is 0. The summed E-state index contributed by atoms with van der Waals surface area (Å²) < 4.78 is 1.14. The van der Waals surface area contributed by atoms with Crippen molar-refractivity contribution in [2.75, 3.05) is 5.32 Å². The van der Waals surface area contributed by atoms with Crippen LogP contribution in [0.15, 0.2) is 40.2 Å². The van der Waals surface area contributed by atoms with Gasteiger partial charge in [-0.05, 0) is 52.0 Å². The molecule has 0 aliphatic heterocycles. The van der Waals surface area contributed by atoms with Gasteiger partial charge in [0, 0.05) is 15.0 Å². The summed E-state index contributed by atoms with van der Waals surface area (Å²) in [5.74, 6) is 0. The molecule has 2 nitrogen and oxygen atoms in total. The van der Waals surface area contributed by atoms with Gasteiger partial charge in [-0.25, -0.2) is 0 Å². The third-order valence-corrected chi connectivity index (χ3v) is 4.58. The van der Waals surface area contributed by atoms with E-state index in [4.69, 9.17) is 5.11 Å². The second-order valence-electron chi connectivity index (χ2n) is 3.86. The van der Waals surface area contributed by atoms with E-state index in [1.165, 1.54) is 4.88 Å². The molecule has 2 aromatic rings. The van der Waals surface area contributed by atoms with Crippen LogP contribution in [0.5, 0.6) is 0 Å². The van der Waals surface area contributed by atoms with E-state index in [-0.39, 0.29) is 12.6 Å². The summed E-state index contributed by atoms with van der Waals surface area (Å²) in [6.45, 7) is 2.20. The maximum absolute atomic E-state index is 9.09. The van der Waals surface area contributed by atoms with Gasteiger partial charge in [0.05, 0.1) is 12.6 Å². The Morgan fingerprint density at radius 1 is 1.41 bits per heavy atom. The van der Waals surface area contributed by atoms with E-state index in [1.54, 1.807) is 11.3 Å². The van der Waals surface area contributed by atoms with Crippen molar-refractivity contribution in [3.8, 4) is 0 Å². The molecule has 17 heavy (non-hydrogen) atoms. The standard InChI is InChI=1S/C13H14BrNOS/c1-9(13-12(14)5-6-17-13)15-11-4-2-3-10(7-11)8-16/h2-7,9,15-16H,8H2,1H3. The molecule has 0 spiro atoms. The lowest BCUT2D eigenvalue weighted by atomic mass is 10.2. The molecule has 0 bridgehead atoms. The number of rotatable bonds is 4. The van der Waals surface area contributed by atoms with Crippen molar-refractivity contribution in [1.82, 2.24) is 0 Å². The second kappa shape index (κ2) is 5.67. The minimum Gasteiger partial charge on any atom is -0.392 e. The Kier molecular flexibility index (Phi) is 4.20. The van der Waals surface area contributed by atoms with Crippen LogP contribution in [-0.4, -0.2) is 5.11 Å². The van der Waals surface area contributed by atoms with Gasteiger partial charge < -0.3 is 10.4 Å². The maximum atomic E-state index is 9.09. The average molecular weight is 312 g/mol. The van der Waals surface area contributed by atoms with Crippen LogP contribution in [0.25, 0.3) is 0 Å². The van der Waals surface area contributed by atoms with Gasteiger partial charge in [0.1, 0.15) is 0 Å². The molecule has 0 radical (unpaired) electrons. The van der Waals surface area contributed by atoms with Crippen LogP contribution in [0.4, 0.5) is 5.69 Å². The third kappa shape index (κ3) is 3.09. The Bertz CT molecular complexity index is 498. The van der Waals surface area contributed by atoms with Gasteiger partial charge in [0.15, 0.2) is 0 Å². The van der Waals surface area contributed by atoms with Crippen molar-refractivity contribution in [3.63, 3.8) is 0 Å². The summed E-state index contributed by atoms with van der Waals surface area (Å²) >= 11 is 5.27. The highest BCUT2D eigenvalue weighted by Gasteiger charge is 2.10. The van der Waals surface area contributed by atoms with Gasteiger partial charge in [-0.3, -0.25) is 0 Å². The molecule has 1 aromatic heterocycles. The number of thiophene rings is 1. The van der Waals surface area contributed by atoms with E-state index in [0.717, 1.165) is 15.7 Å². The van der Waals surface area contributed by atoms with Crippen molar-refractivity contribution in [3.05, 3.63) is 50.6 Å². The molecule has 2 rings (SSSR count). The third-order valence-electron chi connectivity index (χ3n) is 2.53. The van der Waals surface area contributed by atoms with Gasteiger partial charge in [0.25, 0.3) is 0 Å². The molecule has 0 aliphatic carbocycles. The first-order valence-electron chi connectivity index (χ1n) is 5.40. The summed E-state index contributed by atoms with van der Waals surface area (Å²) in [5.41, 5.74) is 1.96. The molecular weight excluding hydrogens is 298 g/mol. The lowest BCUT2D eigenvalue weighted by Crippen LogP contribution is -2.05. The van der Waals surface area contributed by atoms with Gasteiger partial charge in [0.2, 0.25) is 0 Å². The molecule has 0 aliphatic rings. The first-order chi connectivity index (χ1) is 8.20. The second-order valence-corrected chi connectivity index (χ2v) is 5.66. The van der Waals surface area contributed by atoms with E-state index in [1.807, 2.05) is 24.3 Å². The summed E-state index contributed by atoms with van der Waals surface area (Å²) in [4.78, 5) is 1.28. The van der Waals surface area contributed by atoms with Crippen molar-refractivity contribution in [1.29, 1.82) is 0 Å². The molecule has 90 valence electrons. The predicted octanol–water partition coefficient (Wildman–Crippen LogP) is 4.18. The molecule has 1 heterocycles. The molecule has 2 N–H and O–H groups in total. The first-order valence-corrected chi connectivity index (χ1v) is 7.07. The zero-order valence-electron chi connectivity index (χ0n) is 9.48. The summed E-state index contributed by atoms with van der Waals surface area (Å²) in [5, 5.41) is 14.6. The van der Waals surface area contributed by atoms with Gasteiger partial charge in [-0.2, -0.15) is 0 Å². The van der Waals surface area contributed by atoms with E-state index < -0.39 is 0 Å². The SMILES string of the molecule is CC(Nc1cccc(CO)c1)c1sccc1Br. The lowest BCUT2D eigenvalue weighted by molar-refractivity contribution is 0.282. The number of aliphatic hydroxyl groups is 1. The summed E-state index contributed by atoms with van der Waals surface area (Å²) in [7, 11) is 0. The molecule has 1 unspecified atom stereocenters. The Morgan fingerprint density at radius 3 is 2.88 bits per heavy atom. The molecular formula is C13H14BrNOS. The lowest BCUT2D eigenvalue weighted by Gasteiger charge is -2.15. The van der Waals surface area contributed by atoms with E-state index in [2.05, 4.69) is 39.6 Å². The molecule has 0 amide bonds. The van der Waals surface area contributed by atoms with Gasteiger partial charge in [-0.1, -0.05) is 12.1 Å². The zero-order chi connectivity index (χ0) is 12.3. The number of benzene rings is 1. The summed E-state index contributed by atoms with van der Waals surface area (Å²) in [6, 6.07) is 10.1. The highest BCUT2D eigenvalue weighted by molar-refractivity contribution is 9.10. The van der Waals surface area contributed by atoms with Crippen molar-refractivity contribution in [2.24, 2.45) is 0 Å². The average Bonchev–Trinajstić information content (AvgIpc) is 2.76. The molecule has 1 aromatic carbocycles. The fraction of sp³-hybridized carbons (Fsp3) is 0.231. The molecule has 0 saturated carbocycles. The number of nitrogens with one attached hydrogen (secondary N) is 1. The molecule has 0 fully saturated rings. The van der Waals surface area contributed by atoms with Crippen LogP contribution in [-0.2, 0) is 6.61 Å². The van der Waals surface area contributed by atoms with Crippen LogP contribution in [0.3, 0.4) is 0 Å². The predicted molar refractivity (Wildman–Crippen MR) is 76.4 cm³/mol. The van der Waals surface area contributed by atoms with E-state index >= 15 is 0 Å². The fourth-order valence-corrected chi connectivity index (χ4v) is 3.41. The Labute approximate surface area is 113 Å². The van der Waals surface area contributed by atoms with Gasteiger partial charge >= 0.3 is 0 Å². The van der Waals surface area contributed by atoms with Crippen molar-refractivity contribution >= 4 is 33.0 Å². The number of hydrogen-bond acceptors (Lipinski definition) is 3. The van der Waals surface area contributed by atoms with Crippen LogP contribution >= 0.6 is 27.3 Å². The smallest absolute Gasteiger partial charge is 0.0682 e. The van der Waals surface area contributed by atoms with Crippen LogP contribution in [0, 0.1) is 0 Å². The largest absolute Gasteiger partial charge is 0.392 e. The van der Waals surface area contributed by atoms with Crippen molar-refractivity contribution < 1.29 is 5.11 Å². The first kappa shape index (κ1) is 12.6. The van der Waals surface area contributed by atoms with Crippen molar-refractivity contribution in [2.45, 2.75) is 19.6 Å². The van der Waals surface area contributed by atoms with E-state index in [0.29, 0.717) is 0 Å². The molecule has 0 saturated heterocycles.